The summed E-state index contributed by atoms with van der Waals surface area (Å²) in [5.74, 6) is -2.20. The van der Waals surface area contributed by atoms with Crippen LogP contribution >= 0.6 is 0 Å². The highest BCUT2D eigenvalue weighted by molar-refractivity contribution is 5.94. The number of benzene rings is 1. The van der Waals surface area contributed by atoms with Gasteiger partial charge in [0, 0.05) is 12.0 Å². The number of phenolic OH excluding ortho intramolecular Hbond substituents is 1. The predicted molar refractivity (Wildman–Crippen MR) is 65.5 cm³/mol. The third kappa shape index (κ3) is 4.58. The van der Waals surface area contributed by atoms with Crippen molar-refractivity contribution >= 4 is 17.8 Å². The summed E-state index contributed by atoms with van der Waals surface area (Å²) in [7, 11) is 1.19. The topological polar surface area (TPSA) is 116 Å². The molecule has 1 aromatic carbocycles. The van der Waals surface area contributed by atoms with E-state index in [9.17, 15) is 19.6 Å². The van der Waals surface area contributed by atoms with E-state index in [1.165, 1.54) is 31.4 Å². The summed E-state index contributed by atoms with van der Waals surface area (Å²) in [5.41, 5.74) is 1.97. The number of methoxy groups -OCH3 is 1. The molecular weight excluding hydrogens is 268 g/mol. The summed E-state index contributed by atoms with van der Waals surface area (Å²) < 4.78 is 4.35. The molecule has 3 N–H and O–H groups in total. The van der Waals surface area contributed by atoms with Gasteiger partial charge in [-0.1, -0.05) is 0 Å². The Morgan fingerprint density at radius 2 is 1.80 bits per heavy atom. The standard InChI is InChI=1S/C12H14N2O6/c1-20-11(17)7-6-10(16)13-14(19)12(18)8-2-4-9(15)5-3-8/h2-5,15,19H,6-7H2,1H3,(H,13,16). The highest BCUT2D eigenvalue weighted by atomic mass is 16.6. The molecule has 0 bridgehead atoms. The maximum atomic E-state index is 11.7. The average molecular weight is 282 g/mol. The lowest BCUT2D eigenvalue weighted by Gasteiger charge is -2.15. The predicted octanol–water partition coefficient (Wildman–Crippen LogP) is 0.208. The first kappa shape index (κ1) is 15.4. The van der Waals surface area contributed by atoms with Gasteiger partial charge in [0.25, 0.3) is 5.91 Å². The summed E-state index contributed by atoms with van der Waals surface area (Å²) in [6.45, 7) is 0. The first-order chi connectivity index (χ1) is 9.43. The second-order valence-electron chi connectivity index (χ2n) is 3.77. The maximum Gasteiger partial charge on any atom is 0.306 e. The molecule has 20 heavy (non-hydrogen) atoms. The lowest BCUT2D eigenvalue weighted by Crippen LogP contribution is -2.43. The number of carbonyl (C=O) groups is 3. The number of hydroxylamine groups is 1. The minimum Gasteiger partial charge on any atom is -0.508 e. The number of hydrazine groups is 1. The van der Waals surface area contributed by atoms with Crippen LogP contribution < -0.4 is 5.43 Å². The molecule has 0 unspecified atom stereocenters. The molecule has 2 amide bonds. The quantitative estimate of drug-likeness (QED) is 0.413. The van der Waals surface area contributed by atoms with Crippen molar-refractivity contribution in [3.05, 3.63) is 29.8 Å². The fourth-order valence-electron chi connectivity index (χ4n) is 1.27. The van der Waals surface area contributed by atoms with E-state index in [1.54, 1.807) is 0 Å². The number of nitrogens with zero attached hydrogens (tertiary/aromatic N) is 1. The molecule has 108 valence electrons. The van der Waals surface area contributed by atoms with Crippen LogP contribution in [-0.4, -0.2) is 40.4 Å². The van der Waals surface area contributed by atoms with Crippen LogP contribution in [-0.2, 0) is 14.3 Å². The van der Waals surface area contributed by atoms with Gasteiger partial charge in [0.1, 0.15) is 5.75 Å². The highest BCUT2D eigenvalue weighted by Gasteiger charge is 2.16. The number of esters is 1. The normalized spacial score (nSPS) is 9.70. The molecule has 0 saturated heterocycles. The minimum absolute atomic E-state index is 0.0198. The zero-order valence-corrected chi connectivity index (χ0v) is 10.7. The van der Waals surface area contributed by atoms with Crippen molar-refractivity contribution in [3.63, 3.8) is 0 Å². The SMILES string of the molecule is COC(=O)CCC(=O)NN(O)C(=O)c1ccc(O)cc1. The van der Waals surface area contributed by atoms with Crippen LogP contribution in [0.4, 0.5) is 0 Å². The number of carbonyl (C=O) groups excluding carboxylic acids is 3. The number of aromatic hydroxyl groups is 1. The van der Waals surface area contributed by atoms with E-state index < -0.39 is 17.8 Å². The molecule has 0 spiro atoms. The smallest absolute Gasteiger partial charge is 0.306 e. The van der Waals surface area contributed by atoms with Crippen molar-refractivity contribution in [1.29, 1.82) is 0 Å². The number of hydrogen-bond acceptors (Lipinski definition) is 6. The van der Waals surface area contributed by atoms with Gasteiger partial charge in [0.05, 0.1) is 13.5 Å². The molecule has 0 aliphatic rings. The van der Waals surface area contributed by atoms with Crippen molar-refractivity contribution < 1.29 is 29.4 Å². The van der Waals surface area contributed by atoms with Crippen LogP contribution in [0.25, 0.3) is 0 Å². The van der Waals surface area contributed by atoms with E-state index in [2.05, 4.69) is 4.74 Å². The van der Waals surface area contributed by atoms with E-state index in [4.69, 9.17) is 5.11 Å². The van der Waals surface area contributed by atoms with E-state index in [1.807, 2.05) is 5.43 Å². The van der Waals surface area contributed by atoms with Gasteiger partial charge < -0.3 is 9.84 Å². The number of nitrogens with one attached hydrogen (secondary N) is 1. The lowest BCUT2D eigenvalue weighted by atomic mass is 10.2. The Balaban J connectivity index is 2.51. The molecule has 8 nitrogen and oxygen atoms in total. The van der Waals surface area contributed by atoms with Crippen LogP contribution in [0.3, 0.4) is 0 Å². The van der Waals surface area contributed by atoms with Gasteiger partial charge in [-0.2, -0.15) is 0 Å². The molecule has 8 heteroatoms. The molecular formula is C12H14N2O6. The second-order valence-corrected chi connectivity index (χ2v) is 3.77. The van der Waals surface area contributed by atoms with Gasteiger partial charge in [-0.05, 0) is 24.3 Å². The summed E-state index contributed by atoms with van der Waals surface area (Å²) in [4.78, 5) is 33.8. The Bertz CT molecular complexity index is 499. The Kier molecular flexibility index (Phi) is 5.48. The third-order valence-electron chi connectivity index (χ3n) is 2.32. The maximum absolute atomic E-state index is 11.7. The highest BCUT2D eigenvalue weighted by Crippen LogP contribution is 2.10. The van der Waals surface area contributed by atoms with E-state index in [0.717, 1.165) is 0 Å². The van der Waals surface area contributed by atoms with Crippen molar-refractivity contribution in [1.82, 2.24) is 10.6 Å². The number of phenols is 1. The third-order valence-corrected chi connectivity index (χ3v) is 2.32. The molecule has 0 fully saturated rings. The first-order valence-corrected chi connectivity index (χ1v) is 5.62. The van der Waals surface area contributed by atoms with Crippen molar-refractivity contribution in [2.75, 3.05) is 7.11 Å². The lowest BCUT2D eigenvalue weighted by molar-refractivity contribution is -0.148. The molecule has 0 heterocycles. The Hall–Kier alpha value is -2.61. The minimum atomic E-state index is -0.878. The van der Waals surface area contributed by atoms with E-state index in [0.29, 0.717) is 0 Å². The second kappa shape index (κ2) is 7.10. The molecule has 0 aliphatic carbocycles. The van der Waals surface area contributed by atoms with Crippen LogP contribution in [0.5, 0.6) is 5.75 Å². The molecule has 0 aromatic heterocycles. The summed E-state index contributed by atoms with van der Waals surface area (Å²) in [5, 5.41) is 18.5. The van der Waals surface area contributed by atoms with E-state index >= 15 is 0 Å². The molecule has 0 aliphatic heterocycles. The molecule has 1 rings (SSSR count). The van der Waals surface area contributed by atoms with Gasteiger partial charge >= 0.3 is 5.97 Å². The molecule has 0 radical (unpaired) electrons. The zero-order chi connectivity index (χ0) is 15.1. The van der Waals surface area contributed by atoms with Gasteiger partial charge in [0.15, 0.2) is 0 Å². The van der Waals surface area contributed by atoms with Gasteiger partial charge in [-0.25, -0.2) is 5.43 Å². The molecule has 0 atom stereocenters. The fourth-order valence-corrected chi connectivity index (χ4v) is 1.27. The molecule has 0 saturated carbocycles. The molecule has 1 aromatic rings. The number of ether oxygens (including phenoxy) is 1. The van der Waals surface area contributed by atoms with Crippen LogP contribution in [0.2, 0.25) is 0 Å². The van der Waals surface area contributed by atoms with Crippen LogP contribution in [0.15, 0.2) is 24.3 Å². The summed E-state index contributed by atoms with van der Waals surface area (Å²) in [6.07, 6.45) is -0.393. The van der Waals surface area contributed by atoms with Crippen molar-refractivity contribution in [3.8, 4) is 5.75 Å². The van der Waals surface area contributed by atoms with Gasteiger partial charge in [-0.3, -0.25) is 19.6 Å². The first-order valence-electron chi connectivity index (χ1n) is 5.62. The van der Waals surface area contributed by atoms with Crippen LogP contribution in [0, 0.1) is 0 Å². The number of hydrogen-bond donors (Lipinski definition) is 3. The average Bonchev–Trinajstić information content (AvgIpc) is 2.44. The summed E-state index contributed by atoms with van der Waals surface area (Å²) >= 11 is 0. The van der Waals surface area contributed by atoms with Gasteiger partial charge in [-0.15, -0.1) is 5.17 Å². The van der Waals surface area contributed by atoms with Gasteiger partial charge in [0.2, 0.25) is 5.91 Å². The monoisotopic (exact) mass is 282 g/mol. The van der Waals surface area contributed by atoms with Crippen molar-refractivity contribution in [2.24, 2.45) is 0 Å². The Morgan fingerprint density at radius 1 is 1.20 bits per heavy atom. The van der Waals surface area contributed by atoms with E-state index in [-0.39, 0.29) is 29.3 Å². The largest absolute Gasteiger partial charge is 0.508 e. The number of rotatable bonds is 4. The fraction of sp³-hybridized carbons (Fsp3) is 0.250. The Morgan fingerprint density at radius 3 is 2.35 bits per heavy atom. The number of amides is 2. The van der Waals surface area contributed by atoms with Crippen LogP contribution in [0.1, 0.15) is 23.2 Å². The zero-order valence-electron chi connectivity index (χ0n) is 10.7. The van der Waals surface area contributed by atoms with Crippen molar-refractivity contribution in [2.45, 2.75) is 12.8 Å². The summed E-state index contributed by atoms with van der Waals surface area (Å²) in [6, 6.07) is 5.09. The Labute approximate surface area is 114 Å².